The molecule has 0 bridgehead atoms. The highest BCUT2D eigenvalue weighted by molar-refractivity contribution is 5.96. The van der Waals surface area contributed by atoms with Gasteiger partial charge in [-0.25, -0.2) is 4.98 Å². The minimum absolute atomic E-state index is 0.00513. The Morgan fingerprint density at radius 3 is 1.84 bits per heavy atom. The molecule has 0 fully saturated rings. The predicted octanol–water partition coefficient (Wildman–Crippen LogP) is 14.0. The number of benzene rings is 6. The molecular formula is C52H47N3O. The number of allylic oxidation sites excluding steroid dienone is 1. The molecule has 56 heavy (non-hydrogen) atoms. The number of pyridine rings is 1. The van der Waals surface area contributed by atoms with Gasteiger partial charge in [0.25, 0.3) is 0 Å². The average Bonchev–Trinajstić information content (AvgIpc) is 3.63. The highest BCUT2D eigenvalue weighted by atomic mass is 16.3. The van der Waals surface area contributed by atoms with Gasteiger partial charge in [-0.05, 0) is 80.8 Å². The number of fused-ring (bicyclic) bond motifs is 1. The van der Waals surface area contributed by atoms with E-state index in [1.54, 1.807) is 0 Å². The SMILES string of the molecule is [2H]/C(=C(/O)C(C)(C)C)c1nc2c(-c3cc(-c4cc(-c5ccc(-c6ccccc6)cc5)ccn4)cc(C(C)(C)C)c3)cccc2n1-c1ccccc1-c1ccccc1. The van der Waals surface area contributed by atoms with Gasteiger partial charge in [0, 0.05) is 34.4 Å². The van der Waals surface area contributed by atoms with Gasteiger partial charge in [-0.1, -0.05) is 163 Å². The van der Waals surface area contributed by atoms with E-state index in [0.29, 0.717) is 5.82 Å². The van der Waals surface area contributed by atoms with Crippen molar-refractivity contribution in [1.82, 2.24) is 14.5 Å². The molecule has 0 aliphatic carbocycles. The molecular weight excluding hydrogens is 683 g/mol. The lowest BCUT2D eigenvalue weighted by Gasteiger charge is -2.22. The van der Waals surface area contributed by atoms with Gasteiger partial charge in [0.05, 0.1) is 23.8 Å². The van der Waals surface area contributed by atoms with Crippen LogP contribution in [0.2, 0.25) is 0 Å². The number of nitrogens with zero attached hydrogens (tertiary/aromatic N) is 3. The first-order chi connectivity index (χ1) is 27.4. The summed E-state index contributed by atoms with van der Waals surface area (Å²) >= 11 is 0. The van der Waals surface area contributed by atoms with E-state index in [1.807, 2.05) is 67.9 Å². The van der Waals surface area contributed by atoms with Crippen molar-refractivity contribution in [3.63, 3.8) is 0 Å². The normalized spacial score (nSPS) is 12.7. The number of rotatable bonds is 7. The number of hydrogen-bond acceptors (Lipinski definition) is 3. The molecule has 4 heteroatoms. The van der Waals surface area contributed by atoms with Crippen LogP contribution in [0, 0.1) is 5.41 Å². The van der Waals surface area contributed by atoms with Crippen molar-refractivity contribution in [1.29, 1.82) is 0 Å². The molecule has 0 saturated heterocycles. The Bertz CT molecular complexity index is 2750. The van der Waals surface area contributed by atoms with Gasteiger partial charge >= 0.3 is 0 Å². The van der Waals surface area contributed by atoms with Gasteiger partial charge in [0.15, 0.2) is 0 Å². The van der Waals surface area contributed by atoms with E-state index in [0.717, 1.165) is 61.4 Å². The lowest BCUT2D eigenvalue weighted by atomic mass is 9.83. The van der Waals surface area contributed by atoms with Crippen LogP contribution in [0.3, 0.4) is 0 Å². The molecule has 0 radical (unpaired) electrons. The summed E-state index contributed by atoms with van der Waals surface area (Å²) in [6, 6.07) is 54.8. The second-order valence-corrected chi connectivity index (χ2v) is 16.5. The summed E-state index contributed by atoms with van der Waals surface area (Å²) in [4.78, 5) is 10.2. The molecule has 0 amide bonds. The molecule has 8 aromatic rings. The zero-order chi connectivity index (χ0) is 39.9. The summed E-state index contributed by atoms with van der Waals surface area (Å²) in [6.07, 6.45) is 1.89. The second-order valence-electron chi connectivity index (χ2n) is 16.5. The fourth-order valence-electron chi connectivity index (χ4n) is 7.10. The maximum atomic E-state index is 11.5. The van der Waals surface area contributed by atoms with Crippen molar-refractivity contribution in [2.45, 2.75) is 47.0 Å². The minimum atomic E-state index is -0.650. The molecule has 0 saturated carbocycles. The first-order valence-corrected chi connectivity index (χ1v) is 19.2. The Balaban J connectivity index is 1.31. The van der Waals surface area contributed by atoms with Crippen LogP contribution in [0.5, 0.6) is 0 Å². The zero-order valence-electron chi connectivity index (χ0n) is 33.9. The van der Waals surface area contributed by atoms with Crippen molar-refractivity contribution in [2.24, 2.45) is 5.41 Å². The number of aliphatic hydroxyl groups excluding tert-OH is 1. The summed E-state index contributed by atoms with van der Waals surface area (Å²) in [6.45, 7) is 12.4. The van der Waals surface area contributed by atoms with Crippen LogP contribution in [0.4, 0.5) is 0 Å². The molecule has 0 aliphatic heterocycles. The Labute approximate surface area is 331 Å². The van der Waals surface area contributed by atoms with Crippen LogP contribution in [0.1, 0.15) is 54.3 Å². The van der Waals surface area contributed by atoms with E-state index in [1.165, 1.54) is 16.7 Å². The summed E-state index contributed by atoms with van der Waals surface area (Å²) in [5.74, 6) is 0.364. The molecule has 0 atom stereocenters. The largest absolute Gasteiger partial charge is 0.512 e. The van der Waals surface area contributed by atoms with E-state index in [2.05, 4.69) is 142 Å². The van der Waals surface area contributed by atoms with Gasteiger partial charge in [-0.15, -0.1) is 0 Å². The summed E-state index contributed by atoms with van der Waals surface area (Å²) in [7, 11) is 0. The first-order valence-electron chi connectivity index (χ1n) is 19.7. The Hall–Kier alpha value is -6.52. The molecule has 6 aromatic carbocycles. The fraction of sp³-hybridized carbons (Fsp3) is 0.154. The smallest absolute Gasteiger partial charge is 0.141 e. The van der Waals surface area contributed by atoms with Crippen LogP contribution in [-0.2, 0) is 5.41 Å². The molecule has 0 aliphatic rings. The van der Waals surface area contributed by atoms with Gasteiger partial charge < -0.3 is 5.11 Å². The van der Waals surface area contributed by atoms with Crippen LogP contribution in [-0.4, -0.2) is 19.6 Å². The monoisotopic (exact) mass is 730 g/mol. The standard InChI is InChI=1S/C52H47N3O/c1-51(2,3)42-31-40(30-41(32-42)45-33-39(28-29-53-45)37-26-24-36(25-27-37)35-16-9-7-10-17-35)44-21-15-23-47-50(44)54-49(34-48(56)52(4,5)6)55(47)46-22-14-13-20-43(46)38-18-11-8-12-19-38/h7-34,56H,1-6H3/b48-34-/i34D. The third-order valence-corrected chi connectivity index (χ3v) is 10.3. The van der Waals surface area contributed by atoms with E-state index >= 15 is 0 Å². The van der Waals surface area contributed by atoms with Crippen molar-refractivity contribution in [3.05, 3.63) is 181 Å². The quantitative estimate of drug-likeness (QED) is 0.166. The number of aromatic nitrogens is 3. The van der Waals surface area contributed by atoms with E-state index in [4.69, 9.17) is 9.97 Å². The van der Waals surface area contributed by atoms with Crippen molar-refractivity contribution in [3.8, 4) is 61.5 Å². The summed E-state index contributed by atoms with van der Waals surface area (Å²) in [5, 5.41) is 11.5. The number of imidazole rings is 1. The fourth-order valence-corrected chi connectivity index (χ4v) is 7.10. The number of aliphatic hydroxyl groups is 1. The zero-order valence-corrected chi connectivity index (χ0v) is 32.9. The minimum Gasteiger partial charge on any atom is -0.512 e. The molecule has 276 valence electrons. The topological polar surface area (TPSA) is 50.9 Å². The average molecular weight is 731 g/mol. The van der Waals surface area contributed by atoms with Crippen LogP contribution >= 0.6 is 0 Å². The highest BCUT2D eigenvalue weighted by Crippen LogP contribution is 2.39. The lowest BCUT2D eigenvalue weighted by Crippen LogP contribution is -2.11. The molecule has 0 unspecified atom stereocenters. The van der Waals surface area contributed by atoms with Crippen LogP contribution < -0.4 is 0 Å². The highest BCUT2D eigenvalue weighted by Gasteiger charge is 2.23. The van der Waals surface area contributed by atoms with Crippen molar-refractivity contribution < 1.29 is 6.48 Å². The Kier molecular flexibility index (Phi) is 9.19. The van der Waals surface area contributed by atoms with Gasteiger partial charge in [0.1, 0.15) is 11.6 Å². The first kappa shape index (κ1) is 35.2. The third kappa shape index (κ3) is 7.31. The maximum absolute atomic E-state index is 11.5. The van der Waals surface area contributed by atoms with Gasteiger partial charge in [-0.2, -0.15) is 0 Å². The molecule has 8 rings (SSSR count). The number of hydrogen-bond donors (Lipinski definition) is 1. The summed E-state index contributed by atoms with van der Waals surface area (Å²) in [5.41, 5.74) is 13.3. The van der Waals surface area contributed by atoms with E-state index in [-0.39, 0.29) is 17.2 Å². The molecule has 2 heterocycles. The molecule has 0 spiro atoms. The van der Waals surface area contributed by atoms with E-state index < -0.39 is 5.41 Å². The van der Waals surface area contributed by atoms with Gasteiger partial charge in [-0.3, -0.25) is 9.55 Å². The number of para-hydroxylation sites is 2. The van der Waals surface area contributed by atoms with Crippen LogP contribution in [0.15, 0.2) is 170 Å². The lowest BCUT2D eigenvalue weighted by molar-refractivity contribution is 0.282. The molecule has 4 nitrogen and oxygen atoms in total. The molecule has 1 N–H and O–H groups in total. The Morgan fingerprint density at radius 1 is 0.571 bits per heavy atom. The summed E-state index contributed by atoms with van der Waals surface area (Å²) < 4.78 is 11.4. The second kappa shape index (κ2) is 14.6. The third-order valence-electron chi connectivity index (χ3n) is 10.3. The Morgan fingerprint density at radius 2 is 1.16 bits per heavy atom. The maximum Gasteiger partial charge on any atom is 0.141 e. The predicted molar refractivity (Wildman–Crippen MR) is 235 cm³/mol. The van der Waals surface area contributed by atoms with Crippen molar-refractivity contribution in [2.75, 3.05) is 0 Å². The van der Waals surface area contributed by atoms with Gasteiger partial charge in [0.2, 0.25) is 0 Å². The van der Waals surface area contributed by atoms with E-state index in [9.17, 15) is 6.48 Å². The molecule has 2 aromatic heterocycles. The van der Waals surface area contributed by atoms with Crippen molar-refractivity contribution >= 4 is 17.1 Å². The van der Waals surface area contributed by atoms with Crippen LogP contribution in [0.25, 0.3) is 78.5 Å².